The van der Waals surface area contributed by atoms with Crippen LogP contribution in [0, 0.1) is 5.82 Å². The minimum atomic E-state index is -0.626. The maximum Gasteiger partial charge on any atom is 0.298 e. The monoisotopic (exact) mass is 393 g/mol. The summed E-state index contributed by atoms with van der Waals surface area (Å²) in [4.78, 5) is 26.1. The molecule has 0 unspecified atom stereocenters. The largest absolute Gasteiger partial charge is 0.497 e. The molecule has 1 aliphatic heterocycles. The zero-order valence-corrected chi connectivity index (χ0v) is 15.4. The van der Waals surface area contributed by atoms with E-state index in [2.05, 4.69) is 0 Å². The standard InChI is InChI=1S/C18H13ClFNO4S/c1-24-12-4-6-15(25-2)10(7-12)8-16-17(22)21(18(23)26-16)11-3-5-14(20)13(19)9-11/h3-9H,1-2H3/b16-8-. The minimum Gasteiger partial charge on any atom is -0.497 e. The summed E-state index contributed by atoms with van der Waals surface area (Å²) in [6.07, 6.45) is 1.55. The Hall–Kier alpha value is -2.51. The average molecular weight is 394 g/mol. The Kier molecular flexibility index (Phi) is 5.20. The van der Waals surface area contributed by atoms with E-state index in [0.29, 0.717) is 17.1 Å². The van der Waals surface area contributed by atoms with Gasteiger partial charge in [0.15, 0.2) is 0 Å². The van der Waals surface area contributed by atoms with Crippen LogP contribution in [0.5, 0.6) is 11.5 Å². The maximum atomic E-state index is 13.3. The Bertz CT molecular complexity index is 931. The third-order valence-corrected chi connectivity index (χ3v) is 4.84. The van der Waals surface area contributed by atoms with Gasteiger partial charge >= 0.3 is 0 Å². The molecule has 0 aromatic heterocycles. The summed E-state index contributed by atoms with van der Waals surface area (Å²) in [6, 6.07) is 8.79. The summed E-state index contributed by atoms with van der Waals surface area (Å²) in [7, 11) is 3.03. The van der Waals surface area contributed by atoms with Gasteiger partial charge in [0.25, 0.3) is 11.1 Å². The highest BCUT2D eigenvalue weighted by Crippen LogP contribution is 2.38. The number of methoxy groups -OCH3 is 2. The van der Waals surface area contributed by atoms with Crippen molar-refractivity contribution in [3.05, 3.63) is 57.7 Å². The second-order valence-electron chi connectivity index (χ2n) is 5.22. The Morgan fingerprint density at radius 1 is 1.12 bits per heavy atom. The molecule has 2 amide bonds. The molecule has 1 saturated heterocycles. The van der Waals surface area contributed by atoms with Crippen LogP contribution < -0.4 is 14.4 Å². The van der Waals surface area contributed by atoms with Crippen LogP contribution in [0.2, 0.25) is 5.02 Å². The van der Waals surface area contributed by atoms with Gasteiger partial charge in [0.1, 0.15) is 17.3 Å². The minimum absolute atomic E-state index is 0.167. The Morgan fingerprint density at radius 2 is 1.88 bits per heavy atom. The Labute approximate surface area is 158 Å². The van der Waals surface area contributed by atoms with Crippen LogP contribution in [0.25, 0.3) is 6.08 Å². The summed E-state index contributed by atoms with van der Waals surface area (Å²) in [5, 5.41) is -0.661. The number of halogens is 2. The van der Waals surface area contributed by atoms with Crippen LogP contribution in [0.3, 0.4) is 0 Å². The number of anilines is 1. The average Bonchev–Trinajstić information content (AvgIpc) is 2.91. The highest BCUT2D eigenvalue weighted by molar-refractivity contribution is 8.19. The van der Waals surface area contributed by atoms with E-state index in [1.807, 2.05) is 0 Å². The van der Waals surface area contributed by atoms with Gasteiger partial charge in [0.2, 0.25) is 0 Å². The number of nitrogens with zero attached hydrogens (tertiary/aromatic N) is 1. The van der Waals surface area contributed by atoms with Gasteiger partial charge in [-0.05, 0) is 54.2 Å². The second kappa shape index (κ2) is 7.39. The van der Waals surface area contributed by atoms with Gasteiger partial charge in [0, 0.05) is 5.56 Å². The lowest BCUT2D eigenvalue weighted by Gasteiger charge is -2.13. The van der Waals surface area contributed by atoms with E-state index in [-0.39, 0.29) is 15.6 Å². The van der Waals surface area contributed by atoms with Gasteiger partial charge in [-0.2, -0.15) is 0 Å². The maximum absolute atomic E-state index is 13.3. The normalized spacial score (nSPS) is 15.7. The number of thioether (sulfide) groups is 1. The third kappa shape index (κ3) is 3.40. The molecule has 2 aromatic carbocycles. The van der Waals surface area contributed by atoms with Crippen molar-refractivity contribution in [3.8, 4) is 11.5 Å². The third-order valence-electron chi connectivity index (χ3n) is 3.68. The predicted molar refractivity (Wildman–Crippen MR) is 99.4 cm³/mol. The fourth-order valence-corrected chi connectivity index (χ4v) is 3.41. The van der Waals surface area contributed by atoms with Gasteiger partial charge in [-0.3, -0.25) is 9.59 Å². The lowest BCUT2D eigenvalue weighted by Crippen LogP contribution is -2.27. The van der Waals surface area contributed by atoms with Crippen molar-refractivity contribution in [2.75, 3.05) is 19.1 Å². The topological polar surface area (TPSA) is 55.8 Å². The summed E-state index contributed by atoms with van der Waals surface area (Å²) < 4.78 is 23.8. The van der Waals surface area contributed by atoms with Gasteiger partial charge < -0.3 is 9.47 Å². The molecule has 0 aliphatic carbocycles. The molecule has 0 atom stereocenters. The van der Waals surface area contributed by atoms with Crippen LogP contribution in [0.15, 0.2) is 41.3 Å². The highest BCUT2D eigenvalue weighted by Gasteiger charge is 2.36. The number of carbonyl (C=O) groups is 2. The summed E-state index contributed by atoms with van der Waals surface area (Å²) in [5.74, 6) is -0.0318. The van der Waals surface area contributed by atoms with E-state index in [9.17, 15) is 14.0 Å². The predicted octanol–water partition coefficient (Wildman–Crippen LogP) is 4.74. The van der Waals surface area contributed by atoms with Gasteiger partial charge in [-0.1, -0.05) is 11.6 Å². The fourth-order valence-electron chi connectivity index (χ4n) is 2.41. The summed E-state index contributed by atoms with van der Waals surface area (Å²) >= 11 is 6.53. The lowest BCUT2D eigenvalue weighted by molar-refractivity contribution is -0.113. The second-order valence-corrected chi connectivity index (χ2v) is 6.62. The zero-order chi connectivity index (χ0) is 18.8. The molecule has 0 saturated carbocycles. The first-order valence-electron chi connectivity index (χ1n) is 7.39. The highest BCUT2D eigenvalue weighted by atomic mass is 35.5. The smallest absolute Gasteiger partial charge is 0.298 e. The number of hydrogen-bond donors (Lipinski definition) is 0. The zero-order valence-electron chi connectivity index (χ0n) is 13.8. The van der Waals surface area contributed by atoms with Crippen molar-refractivity contribution in [1.29, 1.82) is 0 Å². The van der Waals surface area contributed by atoms with Gasteiger partial charge in [-0.15, -0.1) is 0 Å². The number of carbonyl (C=O) groups excluding carboxylic acids is 2. The van der Waals surface area contributed by atoms with Crippen LogP contribution >= 0.6 is 23.4 Å². The first-order valence-corrected chi connectivity index (χ1v) is 8.59. The molecule has 8 heteroatoms. The van der Waals surface area contributed by atoms with Crippen LogP contribution in [0.4, 0.5) is 14.9 Å². The number of hydrogen-bond acceptors (Lipinski definition) is 5. The van der Waals surface area contributed by atoms with Crippen LogP contribution in [-0.2, 0) is 4.79 Å². The van der Waals surface area contributed by atoms with Crippen LogP contribution in [0.1, 0.15) is 5.56 Å². The quantitative estimate of drug-likeness (QED) is 0.702. The number of amides is 2. The molecule has 26 heavy (non-hydrogen) atoms. The molecular weight excluding hydrogens is 381 g/mol. The van der Waals surface area contributed by atoms with Crippen molar-refractivity contribution in [2.45, 2.75) is 0 Å². The summed E-state index contributed by atoms with van der Waals surface area (Å²) in [6.45, 7) is 0. The molecule has 0 spiro atoms. The molecule has 0 bridgehead atoms. The van der Waals surface area contributed by atoms with Crippen molar-refractivity contribution < 1.29 is 23.5 Å². The molecule has 0 N–H and O–H groups in total. The lowest BCUT2D eigenvalue weighted by atomic mass is 10.1. The number of benzene rings is 2. The first-order chi connectivity index (χ1) is 12.4. The molecule has 1 heterocycles. The Morgan fingerprint density at radius 3 is 2.54 bits per heavy atom. The van der Waals surface area contributed by atoms with Crippen molar-refractivity contribution >= 4 is 46.3 Å². The Balaban J connectivity index is 1.98. The van der Waals surface area contributed by atoms with Crippen molar-refractivity contribution in [3.63, 3.8) is 0 Å². The van der Waals surface area contributed by atoms with Crippen LogP contribution in [-0.4, -0.2) is 25.4 Å². The fraction of sp³-hybridized carbons (Fsp3) is 0.111. The van der Waals surface area contributed by atoms with E-state index >= 15 is 0 Å². The molecule has 2 aromatic rings. The molecular formula is C18H13ClFNO4S. The van der Waals surface area contributed by atoms with Gasteiger partial charge in [-0.25, -0.2) is 9.29 Å². The summed E-state index contributed by atoms with van der Waals surface area (Å²) in [5.41, 5.74) is 0.800. The van der Waals surface area contributed by atoms with E-state index in [1.165, 1.54) is 26.4 Å². The van der Waals surface area contributed by atoms with Crippen molar-refractivity contribution in [2.24, 2.45) is 0 Å². The van der Waals surface area contributed by atoms with E-state index in [1.54, 1.807) is 24.3 Å². The molecule has 134 valence electrons. The van der Waals surface area contributed by atoms with E-state index in [0.717, 1.165) is 22.7 Å². The van der Waals surface area contributed by atoms with E-state index < -0.39 is 17.0 Å². The number of imide groups is 1. The van der Waals surface area contributed by atoms with E-state index in [4.69, 9.17) is 21.1 Å². The molecule has 3 rings (SSSR count). The molecule has 1 fully saturated rings. The number of rotatable bonds is 4. The molecule has 1 aliphatic rings. The molecule has 5 nitrogen and oxygen atoms in total. The first kappa shape index (κ1) is 18.3. The molecule has 0 radical (unpaired) electrons. The van der Waals surface area contributed by atoms with Crippen molar-refractivity contribution in [1.82, 2.24) is 0 Å². The van der Waals surface area contributed by atoms with Gasteiger partial charge in [0.05, 0.1) is 29.8 Å². The number of ether oxygens (including phenoxy) is 2. The SMILES string of the molecule is COc1ccc(OC)c(/C=C2\SC(=O)N(c3ccc(F)c(Cl)c3)C2=O)c1.